The smallest absolute Gasteiger partial charge is 0.318 e. The molecule has 0 saturated carbocycles. The Bertz CT molecular complexity index is 1210. The molecule has 5 rings (SSSR count). The number of anilines is 1. The van der Waals surface area contributed by atoms with Crippen LogP contribution in [0.15, 0.2) is 78.3 Å². The van der Waals surface area contributed by atoms with Gasteiger partial charge in [0.05, 0.1) is 17.9 Å². The molecule has 3 heterocycles. The number of carbonyl (C=O) groups excluding carboxylic acids is 1. The first-order valence-corrected chi connectivity index (χ1v) is 10.6. The summed E-state index contributed by atoms with van der Waals surface area (Å²) in [6.45, 7) is 2.15. The maximum Gasteiger partial charge on any atom is 0.323 e. The van der Waals surface area contributed by atoms with Crippen molar-refractivity contribution in [1.29, 1.82) is 0 Å². The number of rotatable bonds is 2. The molecule has 0 aliphatic carbocycles. The monoisotopic (exact) mass is 417 g/mol. The predicted octanol–water partition coefficient (Wildman–Crippen LogP) is 6.12. The second-order valence-corrected chi connectivity index (χ2v) is 8.35. The highest BCUT2D eigenvalue weighted by Gasteiger charge is 2.33. The number of urea groups is 1. The van der Waals surface area contributed by atoms with E-state index in [9.17, 15) is 9.18 Å². The van der Waals surface area contributed by atoms with Crippen molar-refractivity contribution in [3.63, 3.8) is 0 Å². The number of aromatic nitrogens is 1. The van der Waals surface area contributed by atoms with E-state index in [1.807, 2.05) is 46.8 Å². The van der Waals surface area contributed by atoms with Crippen LogP contribution in [0.25, 0.3) is 5.69 Å². The second kappa shape index (κ2) is 7.46. The van der Waals surface area contributed by atoms with E-state index in [0.29, 0.717) is 17.8 Å². The fourth-order valence-corrected chi connectivity index (χ4v) is 4.80. The average Bonchev–Trinajstić information content (AvgIpc) is 3.42. The Balaban J connectivity index is 1.60. The molecule has 0 bridgehead atoms. The van der Waals surface area contributed by atoms with E-state index in [2.05, 4.69) is 28.1 Å². The topological polar surface area (TPSA) is 37.3 Å². The number of hydrogen-bond acceptors (Lipinski definition) is 2. The van der Waals surface area contributed by atoms with Gasteiger partial charge in [-0.25, -0.2) is 9.18 Å². The molecule has 30 heavy (non-hydrogen) atoms. The van der Waals surface area contributed by atoms with E-state index in [1.165, 1.54) is 6.07 Å². The lowest BCUT2D eigenvalue weighted by Crippen LogP contribution is -2.37. The van der Waals surface area contributed by atoms with Gasteiger partial charge in [-0.15, -0.1) is 11.3 Å². The first-order valence-electron chi connectivity index (χ1n) is 9.74. The van der Waals surface area contributed by atoms with E-state index in [4.69, 9.17) is 0 Å². The number of carbonyl (C=O) groups is 1. The van der Waals surface area contributed by atoms with Crippen molar-refractivity contribution in [3.8, 4) is 5.69 Å². The molecule has 0 fully saturated rings. The minimum Gasteiger partial charge on any atom is -0.318 e. The van der Waals surface area contributed by atoms with E-state index in [-0.39, 0.29) is 17.9 Å². The fourth-order valence-electron chi connectivity index (χ4n) is 3.95. The quantitative estimate of drug-likeness (QED) is 0.419. The third-order valence-electron chi connectivity index (χ3n) is 5.46. The first kappa shape index (κ1) is 18.6. The van der Waals surface area contributed by atoms with Gasteiger partial charge in [-0.3, -0.25) is 0 Å². The van der Waals surface area contributed by atoms with Gasteiger partial charge in [0.1, 0.15) is 11.9 Å². The summed E-state index contributed by atoms with van der Waals surface area (Å²) in [7, 11) is 0. The Labute approximate surface area is 178 Å². The molecular formula is C24H20FN3OS. The number of thiophene rings is 1. The van der Waals surface area contributed by atoms with Crippen molar-refractivity contribution in [2.24, 2.45) is 0 Å². The number of hydrogen-bond donors (Lipinski definition) is 1. The number of halogens is 1. The molecule has 2 aromatic heterocycles. The van der Waals surface area contributed by atoms with Crippen LogP contribution in [0.3, 0.4) is 0 Å². The van der Waals surface area contributed by atoms with Gasteiger partial charge in [0.25, 0.3) is 0 Å². The van der Waals surface area contributed by atoms with Gasteiger partial charge in [0.2, 0.25) is 0 Å². The minimum atomic E-state index is -0.335. The van der Waals surface area contributed by atoms with Crippen LogP contribution in [-0.2, 0) is 6.54 Å². The van der Waals surface area contributed by atoms with Gasteiger partial charge in [-0.1, -0.05) is 30.3 Å². The number of nitrogens with one attached hydrogen (secondary N) is 1. The molecular weight excluding hydrogens is 397 g/mol. The van der Waals surface area contributed by atoms with Crippen molar-refractivity contribution in [2.45, 2.75) is 19.5 Å². The van der Waals surface area contributed by atoms with E-state index in [0.717, 1.165) is 21.8 Å². The number of nitrogens with zero attached hydrogens (tertiary/aromatic N) is 2. The zero-order valence-corrected chi connectivity index (χ0v) is 17.2. The third-order valence-corrected chi connectivity index (χ3v) is 6.39. The highest BCUT2D eigenvalue weighted by molar-refractivity contribution is 7.10. The zero-order valence-electron chi connectivity index (χ0n) is 16.4. The molecule has 6 heteroatoms. The fraction of sp³-hybridized carbons (Fsp3) is 0.125. The summed E-state index contributed by atoms with van der Waals surface area (Å²) in [5.74, 6) is -0.335. The van der Waals surface area contributed by atoms with Crippen LogP contribution < -0.4 is 5.32 Å². The summed E-state index contributed by atoms with van der Waals surface area (Å²) < 4.78 is 16.2. The average molecular weight is 418 g/mol. The van der Waals surface area contributed by atoms with Crippen molar-refractivity contribution in [2.75, 3.05) is 5.32 Å². The lowest BCUT2D eigenvalue weighted by Gasteiger charge is -2.30. The molecule has 1 N–H and O–H groups in total. The van der Waals surface area contributed by atoms with Crippen LogP contribution in [-0.4, -0.2) is 15.5 Å². The summed E-state index contributed by atoms with van der Waals surface area (Å²) in [4.78, 5) is 16.3. The third kappa shape index (κ3) is 3.19. The summed E-state index contributed by atoms with van der Waals surface area (Å²) in [6.07, 6.45) is 2.03. The molecule has 2 aromatic carbocycles. The maximum absolute atomic E-state index is 14.0. The van der Waals surface area contributed by atoms with Crippen molar-refractivity contribution in [3.05, 3.63) is 106 Å². The Hall–Kier alpha value is -3.38. The molecule has 1 aliphatic rings. The van der Waals surface area contributed by atoms with E-state index >= 15 is 0 Å². The van der Waals surface area contributed by atoms with Crippen molar-refractivity contribution < 1.29 is 9.18 Å². The number of benzene rings is 2. The van der Waals surface area contributed by atoms with Gasteiger partial charge in [-0.2, -0.15) is 0 Å². The number of aryl methyl sites for hydroxylation is 1. The SMILES string of the molecule is Cc1ccc(NC(=O)N2Cc3ccccc3-n3cccc3C2c2cccs2)cc1F. The molecule has 4 nitrogen and oxygen atoms in total. The number of para-hydroxylation sites is 1. The van der Waals surface area contributed by atoms with Gasteiger partial charge >= 0.3 is 6.03 Å². The molecule has 2 amide bonds. The van der Waals surface area contributed by atoms with Crippen LogP contribution in [0.2, 0.25) is 0 Å². The molecule has 0 spiro atoms. The summed E-state index contributed by atoms with van der Waals surface area (Å²) >= 11 is 1.62. The lowest BCUT2D eigenvalue weighted by atomic mass is 10.1. The Morgan fingerprint density at radius 3 is 2.77 bits per heavy atom. The molecule has 1 unspecified atom stereocenters. The first-order chi connectivity index (χ1) is 14.6. The van der Waals surface area contributed by atoms with Gasteiger partial charge in [0.15, 0.2) is 0 Å². The molecule has 1 aliphatic heterocycles. The van der Waals surface area contributed by atoms with Gasteiger partial charge in [-0.05, 0) is 59.8 Å². The minimum absolute atomic E-state index is 0.248. The van der Waals surface area contributed by atoms with E-state index in [1.54, 1.807) is 30.4 Å². The normalized spacial score (nSPS) is 15.3. The molecule has 0 saturated heterocycles. The Morgan fingerprint density at radius 2 is 1.97 bits per heavy atom. The largest absolute Gasteiger partial charge is 0.323 e. The highest BCUT2D eigenvalue weighted by atomic mass is 32.1. The molecule has 150 valence electrons. The second-order valence-electron chi connectivity index (χ2n) is 7.37. The Morgan fingerprint density at radius 1 is 1.10 bits per heavy atom. The summed E-state index contributed by atoms with van der Waals surface area (Å²) in [5, 5.41) is 4.92. The maximum atomic E-state index is 14.0. The van der Waals surface area contributed by atoms with Crippen molar-refractivity contribution in [1.82, 2.24) is 9.47 Å². The molecule has 4 aromatic rings. The van der Waals surface area contributed by atoms with Gasteiger partial charge in [0, 0.05) is 16.8 Å². The van der Waals surface area contributed by atoms with E-state index < -0.39 is 0 Å². The highest BCUT2D eigenvalue weighted by Crippen LogP contribution is 2.38. The number of amides is 2. The molecule has 1 atom stereocenters. The summed E-state index contributed by atoms with van der Waals surface area (Å²) in [5.41, 5.74) is 4.13. The number of fused-ring (bicyclic) bond motifs is 3. The predicted molar refractivity (Wildman–Crippen MR) is 118 cm³/mol. The van der Waals surface area contributed by atoms with Crippen molar-refractivity contribution >= 4 is 23.1 Å². The van der Waals surface area contributed by atoms with Crippen LogP contribution in [0, 0.1) is 12.7 Å². The van der Waals surface area contributed by atoms with Crippen LogP contribution in [0.4, 0.5) is 14.9 Å². The standard InChI is InChI=1S/C24H20FN3OS/c1-16-10-11-18(14-19(16)25)26-24(29)28-15-17-6-2-3-7-20(17)27-12-4-8-21(27)23(28)22-9-5-13-30-22/h2-14,23H,15H2,1H3,(H,26,29). The summed E-state index contributed by atoms with van der Waals surface area (Å²) in [6, 6.07) is 20.5. The zero-order chi connectivity index (χ0) is 20.7. The van der Waals surface area contributed by atoms with Crippen LogP contribution >= 0.6 is 11.3 Å². The van der Waals surface area contributed by atoms with Gasteiger partial charge < -0.3 is 14.8 Å². The van der Waals surface area contributed by atoms with Crippen LogP contribution in [0.1, 0.15) is 27.7 Å². The molecule has 0 radical (unpaired) electrons. The van der Waals surface area contributed by atoms with Crippen LogP contribution in [0.5, 0.6) is 0 Å². The Kier molecular flexibility index (Phi) is 4.64. The lowest BCUT2D eigenvalue weighted by molar-refractivity contribution is 0.195.